The van der Waals surface area contributed by atoms with Gasteiger partial charge in [-0.2, -0.15) is 0 Å². The topological polar surface area (TPSA) is 76.5 Å². The molecule has 2 aromatic carbocycles. The van der Waals surface area contributed by atoms with Crippen molar-refractivity contribution in [1.82, 2.24) is 9.55 Å². The first-order valence-corrected chi connectivity index (χ1v) is 10.8. The fourth-order valence-corrected chi connectivity index (χ4v) is 4.51. The van der Waals surface area contributed by atoms with E-state index in [1.165, 1.54) is 0 Å². The Morgan fingerprint density at radius 3 is 2.87 bits per heavy atom. The lowest BCUT2D eigenvalue weighted by Crippen LogP contribution is -2.37. The molecular weight excluding hydrogens is 392 g/mol. The van der Waals surface area contributed by atoms with Gasteiger partial charge in [0.25, 0.3) is 5.91 Å². The van der Waals surface area contributed by atoms with Crippen LogP contribution in [-0.4, -0.2) is 40.6 Å². The molecule has 2 unspecified atom stereocenters. The molecule has 0 saturated carbocycles. The zero-order valence-corrected chi connectivity index (χ0v) is 17.8. The number of aryl methyl sites for hydroxylation is 2. The number of hydrogen-bond donors (Lipinski definition) is 1. The zero-order chi connectivity index (χ0) is 21.5. The van der Waals surface area contributed by atoms with E-state index < -0.39 is 6.04 Å². The number of hydrogen-bond acceptors (Lipinski definition) is 4. The number of rotatable bonds is 5. The van der Waals surface area contributed by atoms with Crippen LogP contribution in [0.2, 0.25) is 0 Å². The van der Waals surface area contributed by atoms with E-state index in [0.29, 0.717) is 12.5 Å². The van der Waals surface area contributed by atoms with Crippen molar-refractivity contribution in [3.8, 4) is 0 Å². The molecule has 1 N–H and O–H groups in total. The number of anilines is 2. The van der Waals surface area contributed by atoms with Gasteiger partial charge in [0.2, 0.25) is 11.9 Å². The number of carbonyl (C=O) groups excluding carboxylic acids is 2. The average molecular weight is 418 g/mol. The van der Waals surface area contributed by atoms with Crippen LogP contribution < -0.4 is 10.2 Å². The van der Waals surface area contributed by atoms with Crippen molar-refractivity contribution in [2.75, 3.05) is 23.4 Å². The maximum absolute atomic E-state index is 13.4. The highest BCUT2D eigenvalue weighted by atomic mass is 16.5. The summed E-state index contributed by atoms with van der Waals surface area (Å²) >= 11 is 0. The van der Waals surface area contributed by atoms with Crippen LogP contribution in [0.3, 0.4) is 0 Å². The van der Waals surface area contributed by atoms with Gasteiger partial charge < -0.3 is 10.1 Å². The van der Waals surface area contributed by atoms with Gasteiger partial charge in [0.1, 0.15) is 6.04 Å². The van der Waals surface area contributed by atoms with Crippen LogP contribution in [0, 0.1) is 13.8 Å². The van der Waals surface area contributed by atoms with E-state index >= 15 is 0 Å². The van der Waals surface area contributed by atoms with Gasteiger partial charge in [-0.05, 0) is 56.0 Å². The second kappa shape index (κ2) is 7.81. The fourth-order valence-electron chi connectivity index (χ4n) is 4.51. The molecule has 2 amide bonds. The minimum atomic E-state index is -0.617. The lowest BCUT2D eigenvalue weighted by Gasteiger charge is -2.19. The molecule has 7 heteroatoms. The Bertz CT molecular complexity index is 1160. The molecule has 2 aliphatic rings. The van der Waals surface area contributed by atoms with Gasteiger partial charge in [-0.25, -0.2) is 4.98 Å². The van der Waals surface area contributed by atoms with Crippen molar-refractivity contribution in [2.45, 2.75) is 45.3 Å². The summed E-state index contributed by atoms with van der Waals surface area (Å²) in [6.07, 6.45) is 2.01. The molecule has 5 rings (SSSR count). The van der Waals surface area contributed by atoms with Crippen LogP contribution in [0.5, 0.6) is 0 Å². The Morgan fingerprint density at radius 2 is 2.06 bits per heavy atom. The third-order valence-electron chi connectivity index (χ3n) is 6.14. The van der Waals surface area contributed by atoms with E-state index in [2.05, 4.69) is 5.32 Å². The third kappa shape index (κ3) is 3.59. The smallest absolute Gasteiger partial charge is 0.253 e. The molecule has 1 saturated heterocycles. The summed E-state index contributed by atoms with van der Waals surface area (Å²) in [5.74, 6) is 0.320. The molecule has 3 aromatic rings. The number of aromatic nitrogens is 2. The molecule has 0 aliphatic carbocycles. The second-order valence-electron chi connectivity index (χ2n) is 8.44. The predicted octanol–water partition coefficient (Wildman–Crippen LogP) is 3.75. The third-order valence-corrected chi connectivity index (χ3v) is 6.14. The van der Waals surface area contributed by atoms with Gasteiger partial charge in [-0.1, -0.05) is 24.3 Å². The van der Waals surface area contributed by atoms with Crippen LogP contribution in [0.15, 0.2) is 42.5 Å². The molecule has 0 radical (unpaired) electrons. The number of para-hydroxylation sites is 2. The van der Waals surface area contributed by atoms with Gasteiger partial charge in [0.15, 0.2) is 0 Å². The molecule has 2 atom stereocenters. The van der Waals surface area contributed by atoms with Crippen LogP contribution in [0.4, 0.5) is 11.6 Å². The number of nitrogens with one attached hydrogen (secondary N) is 1. The minimum absolute atomic E-state index is 0.0136. The van der Waals surface area contributed by atoms with E-state index in [4.69, 9.17) is 9.72 Å². The number of carbonyl (C=O) groups is 2. The van der Waals surface area contributed by atoms with Gasteiger partial charge in [0.05, 0.1) is 30.1 Å². The summed E-state index contributed by atoms with van der Waals surface area (Å²) in [6, 6.07) is 13.1. The van der Waals surface area contributed by atoms with Crippen molar-refractivity contribution < 1.29 is 14.3 Å². The normalized spacial score (nSPS) is 20.5. The van der Waals surface area contributed by atoms with Crippen LogP contribution in [-0.2, 0) is 14.3 Å². The minimum Gasteiger partial charge on any atom is -0.376 e. The number of fused-ring (bicyclic) bond motifs is 3. The summed E-state index contributed by atoms with van der Waals surface area (Å²) in [5, 5.41) is 2.99. The van der Waals surface area contributed by atoms with E-state index in [0.717, 1.165) is 47.3 Å². The maximum atomic E-state index is 13.4. The average Bonchev–Trinajstić information content (AvgIpc) is 3.44. The van der Waals surface area contributed by atoms with Gasteiger partial charge in [-0.3, -0.25) is 19.1 Å². The first-order valence-electron chi connectivity index (χ1n) is 10.8. The van der Waals surface area contributed by atoms with E-state index in [1.54, 1.807) is 4.90 Å². The van der Waals surface area contributed by atoms with Crippen LogP contribution >= 0.6 is 0 Å². The Hall–Kier alpha value is -3.19. The first kappa shape index (κ1) is 19.8. The van der Waals surface area contributed by atoms with Crippen molar-refractivity contribution in [3.63, 3.8) is 0 Å². The molecule has 1 fully saturated rings. The molecule has 31 heavy (non-hydrogen) atoms. The molecule has 0 spiro atoms. The zero-order valence-electron chi connectivity index (χ0n) is 17.8. The highest BCUT2D eigenvalue weighted by Crippen LogP contribution is 2.37. The standard InChI is InChI=1S/C24H26N4O3/c1-15-9-10-16(2)19(12-15)25-22(29)13-21-23(30)27(14-17-6-5-11-31-17)24-26-18-7-3-4-8-20(18)28(21)24/h3-4,7-10,12,17,21H,5-6,11,13-14H2,1-2H3,(H,25,29). The molecule has 2 aliphatic heterocycles. The molecule has 0 bridgehead atoms. The van der Waals surface area contributed by atoms with Crippen LogP contribution in [0.25, 0.3) is 11.0 Å². The van der Waals surface area contributed by atoms with E-state index in [9.17, 15) is 9.59 Å². The summed E-state index contributed by atoms with van der Waals surface area (Å²) < 4.78 is 7.67. The van der Waals surface area contributed by atoms with E-state index in [1.807, 2.05) is 60.9 Å². The lowest BCUT2D eigenvalue weighted by molar-refractivity contribution is -0.124. The fraction of sp³-hybridized carbons (Fsp3) is 0.375. The summed E-state index contributed by atoms with van der Waals surface area (Å²) in [7, 11) is 0. The first-order chi connectivity index (χ1) is 15.0. The maximum Gasteiger partial charge on any atom is 0.253 e. The second-order valence-corrected chi connectivity index (χ2v) is 8.44. The monoisotopic (exact) mass is 418 g/mol. The molecule has 7 nitrogen and oxygen atoms in total. The lowest BCUT2D eigenvalue weighted by atomic mass is 10.1. The number of ether oxygens (including phenoxy) is 1. The van der Waals surface area contributed by atoms with Gasteiger partial charge in [0, 0.05) is 12.3 Å². The van der Waals surface area contributed by atoms with Crippen molar-refractivity contribution >= 4 is 34.5 Å². The molecule has 160 valence electrons. The Morgan fingerprint density at radius 1 is 1.23 bits per heavy atom. The Labute approximate surface area is 181 Å². The Balaban J connectivity index is 1.44. The number of imidazole rings is 1. The highest BCUT2D eigenvalue weighted by Gasteiger charge is 2.42. The highest BCUT2D eigenvalue weighted by molar-refractivity contribution is 6.05. The largest absolute Gasteiger partial charge is 0.376 e. The SMILES string of the molecule is Cc1ccc(C)c(NC(=O)CC2C(=O)N(CC3CCCO3)c3nc4ccccc4n32)c1. The number of nitrogens with zero attached hydrogens (tertiary/aromatic N) is 3. The molecule has 1 aromatic heterocycles. The predicted molar refractivity (Wildman–Crippen MR) is 119 cm³/mol. The molecule has 3 heterocycles. The molecular formula is C24H26N4O3. The van der Waals surface area contributed by atoms with Gasteiger partial charge in [-0.15, -0.1) is 0 Å². The van der Waals surface area contributed by atoms with Gasteiger partial charge >= 0.3 is 0 Å². The van der Waals surface area contributed by atoms with Crippen LogP contribution in [0.1, 0.15) is 36.4 Å². The summed E-state index contributed by atoms with van der Waals surface area (Å²) in [5.41, 5.74) is 4.53. The summed E-state index contributed by atoms with van der Waals surface area (Å²) in [4.78, 5) is 32.8. The van der Waals surface area contributed by atoms with E-state index in [-0.39, 0.29) is 24.3 Å². The van der Waals surface area contributed by atoms with Crippen molar-refractivity contribution in [3.05, 3.63) is 53.6 Å². The van der Waals surface area contributed by atoms with Crippen molar-refractivity contribution in [2.24, 2.45) is 0 Å². The quantitative estimate of drug-likeness (QED) is 0.685. The van der Waals surface area contributed by atoms with Crippen molar-refractivity contribution in [1.29, 1.82) is 0 Å². The summed E-state index contributed by atoms with van der Waals surface area (Å²) in [6.45, 7) is 5.14. The number of amides is 2. The Kier molecular flexibility index (Phi) is 4.98. The number of benzene rings is 2.